The highest BCUT2D eigenvalue weighted by Crippen LogP contribution is 2.02. The van der Waals surface area contributed by atoms with Gasteiger partial charge < -0.3 is 10.6 Å². The summed E-state index contributed by atoms with van der Waals surface area (Å²) < 4.78 is 0. The van der Waals surface area contributed by atoms with Crippen LogP contribution in [0.25, 0.3) is 0 Å². The lowest BCUT2D eigenvalue weighted by atomic mass is 10.0. The van der Waals surface area contributed by atoms with Gasteiger partial charge in [-0.3, -0.25) is 14.4 Å². The van der Waals surface area contributed by atoms with Crippen LogP contribution in [0.1, 0.15) is 34.1 Å². The second-order valence-corrected chi connectivity index (χ2v) is 4.06. The molecule has 0 aliphatic carbocycles. The Morgan fingerprint density at radius 1 is 1.19 bits per heavy atom. The summed E-state index contributed by atoms with van der Waals surface area (Å²) in [5.41, 5.74) is 0. The molecule has 5 nitrogen and oxygen atoms in total. The molecule has 0 aliphatic rings. The lowest BCUT2D eigenvalue weighted by Gasteiger charge is -2.21. The Bertz CT molecular complexity index is 274. The van der Waals surface area contributed by atoms with Crippen molar-refractivity contribution in [1.82, 2.24) is 10.6 Å². The van der Waals surface area contributed by atoms with E-state index in [1.54, 1.807) is 6.92 Å². The van der Waals surface area contributed by atoms with Gasteiger partial charge in [0.05, 0.1) is 6.54 Å². The minimum atomic E-state index is -0.577. The molecule has 0 aliphatic heterocycles. The largest absolute Gasteiger partial charge is 0.347 e. The van der Waals surface area contributed by atoms with Gasteiger partial charge in [-0.1, -0.05) is 20.8 Å². The fourth-order valence-electron chi connectivity index (χ4n) is 1.13. The van der Waals surface area contributed by atoms with E-state index in [-0.39, 0.29) is 30.1 Å². The van der Waals surface area contributed by atoms with E-state index in [4.69, 9.17) is 0 Å². The van der Waals surface area contributed by atoms with E-state index in [1.807, 2.05) is 13.8 Å². The van der Waals surface area contributed by atoms with E-state index in [2.05, 4.69) is 10.6 Å². The Labute approximate surface area is 96.0 Å². The molecule has 5 heteroatoms. The van der Waals surface area contributed by atoms with Crippen molar-refractivity contribution in [3.63, 3.8) is 0 Å². The molecule has 0 aromatic heterocycles. The summed E-state index contributed by atoms with van der Waals surface area (Å²) in [6, 6.07) is -0.577. The number of rotatable bonds is 6. The number of carbonyl (C=O) groups excluding carboxylic acids is 3. The molecule has 2 N–H and O–H groups in total. The standard InChI is InChI=1S/C11H20N2O3/c1-5-9(15)13-10(7(2)3)11(16)12-6-8(4)14/h7,10H,5-6H2,1-4H3,(H,12,16)(H,13,15). The minimum absolute atomic E-state index is 0.00402. The van der Waals surface area contributed by atoms with Gasteiger partial charge in [0, 0.05) is 6.42 Å². The Morgan fingerprint density at radius 2 is 1.75 bits per heavy atom. The molecule has 0 saturated carbocycles. The molecular formula is C11H20N2O3. The van der Waals surface area contributed by atoms with Gasteiger partial charge in [-0.05, 0) is 12.8 Å². The molecule has 1 unspecified atom stereocenters. The molecule has 0 fully saturated rings. The van der Waals surface area contributed by atoms with E-state index in [9.17, 15) is 14.4 Å². The number of hydrogen-bond donors (Lipinski definition) is 2. The molecule has 0 saturated heterocycles. The van der Waals surface area contributed by atoms with E-state index in [0.717, 1.165) is 0 Å². The summed E-state index contributed by atoms with van der Waals surface area (Å²) in [5.74, 6) is -0.608. The van der Waals surface area contributed by atoms with Crippen LogP contribution in [0, 0.1) is 5.92 Å². The summed E-state index contributed by atoms with van der Waals surface area (Å²) in [6.45, 7) is 6.81. The second kappa shape index (κ2) is 6.98. The smallest absolute Gasteiger partial charge is 0.243 e. The lowest BCUT2D eigenvalue weighted by molar-refractivity contribution is -0.130. The zero-order valence-corrected chi connectivity index (χ0v) is 10.3. The monoisotopic (exact) mass is 228 g/mol. The van der Waals surface area contributed by atoms with Gasteiger partial charge in [0.2, 0.25) is 11.8 Å². The van der Waals surface area contributed by atoms with E-state index >= 15 is 0 Å². The maximum atomic E-state index is 11.7. The number of amides is 2. The number of nitrogens with one attached hydrogen (secondary N) is 2. The maximum absolute atomic E-state index is 11.7. The van der Waals surface area contributed by atoms with Crippen molar-refractivity contribution in [2.45, 2.75) is 40.2 Å². The van der Waals surface area contributed by atoms with Gasteiger partial charge in [0.1, 0.15) is 11.8 Å². The summed E-state index contributed by atoms with van der Waals surface area (Å²) in [6.07, 6.45) is 0.337. The van der Waals surface area contributed by atoms with Gasteiger partial charge in [-0.25, -0.2) is 0 Å². The van der Waals surface area contributed by atoms with Crippen molar-refractivity contribution in [2.24, 2.45) is 5.92 Å². The first-order valence-electron chi connectivity index (χ1n) is 5.45. The molecule has 2 amide bonds. The van der Waals surface area contributed by atoms with Gasteiger partial charge in [0.15, 0.2) is 0 Å². The summed E-state index contributed by atoms with van der Waals surface area (Å²) in [4.78, 5) is 33.6. The minimum Gasteiger partial charge on any atom is -0.347 e. The molecule has 16 heavy (non-hydrogen) atoms. The van der Waals surface area contributed by atoms with E-state index in [1.165, 1.54) is 6.92 Å². The summed E-state index contributed by atoms with van der Waals surface area (Å²) >= 11 is 0. The van der Waals surface area contributed by atoms with Crippen molar-refractivity contribution in [2.75, 3.05) is 6.54 Å². The van der Waals surface area contributed by atoms with Crippen molar-refractivity contribution in [3.8, 4) is 0 Å². The van der Waals surface area contributed by atoms with Crippen molar-refractivity contribution < 1.29 is 14.4 Å². The van der Waals surface area contributed by atoms with Crippen LogP contribution >= 0.6 is 0 Å². The molecule has 0 aromatic carbocycles. The first-order chi connectivity index (χ1) is 7.38. The zero-order chi connectivity index (χ0) is 12.7. The van der Waals surface area contributed by atoms with Crippen LogP contribution in [0.2, 0.25) is 0 Å². The van der Waals surface area contributed by atoms with Crippen molar-refractivity contribution >= 4 is 17.6 Å². The number of carbonyl (C=O) groups is 3. The number of Topliss-reactive ketones (excluding diaryl/α,β-unsaturated/α-hetero) is 1. The average Bonchev–Trinajstić information content (AvgIpc) is 2.21. The Balaban J connectivity index is 4.35. The number of ketones is 1. The SMILES string of the molecule is CCC(=O)NC(C(=O)NCC(C)=O)C(C)C. The van der Waals surface area contributed by atoms with Crippen LogP contribution in [-0.4, -0.2) is 30.2 Å². The third-order valence-electron chi connectivity index (χ3n) is 2.10. The quantitative estimate of drug-likeness (QED) is 0.684. The van der Waals surface area contributed by atoms with Crippen LogP contribution in [-0.2, 0) is 14.4 Å². The van der Waals surface area contributed by atoms with E-state index < -0.39 is 6.04 Å². The third-order valence-corrected chi connectivity index (χ3v) is 2.10. The van der Waals surface area contributed by atoms with Crippen LogP contribution in [0.3, 0.4) is 0 Å². The maximum Gasteiger partial charge on any atom is 0.243 e. The van der Waals surface area contributed by atoms with Gasteiger partial charge in [0.25, 0.3) is 0 Å². The van der Waals surface area contributed by atoms with Gasteiger partial charge in [-0.2, -0.15) is 0 Å². The molecular weight excluding hydrogens is 208 g/mol. The highest BCUT2D eigenvalue weighted by Gasteiger charge is 2.23. The molecule has 0 bridgehead atoms. The first kappa shape index (κ1) is 14.6. The van der Waals surface area contributed by atoms with Gasteiger partial charge in [-0.15, -0.1) is 0 Å². The normalized spacial score (nSPS) is 12.1. The summed E-state index contributed by atoms with van der Waals surface area (Å²) in [7, 11) is 0. The Morgan fingerprint density at radius 3 is 2.12 bits per heavy atom. The predicted octanol–water partition coefficient (Wildman–Crippen LogP) is 0.242. The van der Waals surface area contributed by atoms with Crippen LogP contribution in [0.4, 0.5) is 0 Å². The molecule has 0 radical (unpaired) electrons. The average molecular weight is 228 g/mol. The van der Waals surface area contributed by atoms with E-state index in [0.29, 0.717) is 6.42 Å². The highest BCUT2D eigenvalue weighted by molar-refractivity contribution is 5.90. The molecule has 0 spiro atoms. The fraction of sp³-hybridized carbons (Fsp3) is 0.727. The molecule has 92 valence electrons. The molecule has 0 rings (SSSR count). The molecule has 1 atom stereocenters. The Hall–Kier alpha value is -1.39. The van der Waals surface area contributed by atoms with Gasteiger partial charge >= 0.3 is 0 Å². The van der Waals surface area contributed by atoms with Crippen LogP contribution in [0.15, 0.2) is 0 Å². The summed E-state index contributed by atoms with van der Waals surface area (Å²) in [5, 5.41) is 5.12. The lowest BCUT2D eigenvalue weighted by Crippen LogP contribution is -2.50. The molecule has 0 heterocycles. The Kier molecular flexibility index (Phi) is 6.37. The zero-order valence-electron chi connectivity index (χ0n) is 10.3. The number of hydrogen-bond acceptors (Lipinski definition) is 3. The van der Waals surface area contributed by atoms with Crippen LogP contribution < -0.4 is 10.6 Å². The predicted molar refractivity (Wildman–Crippen MR) is 60.8 cm³/mol. The second-order valence-electron chi connectivity index (χ2n) is 4.06. The first-order valence-corrected chi connectivity index (χ1v) is 5.45. The third kappa shape index (κ3) is 5.48. The topological polar surface area (TPSA) is 75.3 Å². The van der Waals surface area contributed by atoms with Crippen molar-refractivity contribution in [3.05, 3.63) is 0 Å². The van der Waals surface area contributed by atoms with Crippen LogP contribution in [0.5, 0.6) is 0 Å². The fourth-order valence-corrected chi connectivity index (χ4v) is 1.13. The highest BCUT2D eigenvalue weighted by atomic mass is 16.2. The molecule has 0 aromatic rings. The van der Waals surface area contributed by atoms with Crippen molar-refractivity contribution in [1.29, 1.82) is 0 Å².